The van der Waals surface area contributed by atoms with Crippen LogP contribution in [0.3, 0.4) is 0 Å². The average Bonchev–Trinajstić information content (AvgIpc) is 2.42. The second-order valence-electron chi connectivity index (χ2n) is 5.66. The summed E-state index contributed by atoms with van der Waals surface area (Å²) >= 11 is 0. The third kappa shape index (κ3) is 5.22. The summed E-state index contributed by atoms with van der Waals surface area (Å²) < 4.78 is 0. The van der Waals surface area contributed by atoms with Crippen molar-refractivity contribution in [3.63, 3.8) is 0 Å². The van der Waals surface area contributed by atoms with Crippen LogP contribution in [0.15, 0.2) is 23.3 Å². The molecule has 0 saturated heterocycles. The van der Waals surface area contributed by atoms with E-state index in [1.165, 1.54) is 18.4 Å². The number of rotatable bonds is 4. The van der Waals surface area contributed by atoms with Gasteiger partial charge in [0.05, 0.1) is 5.84 Å². The van der Waals surface area contributed by atoms with Crippen LogP contribution in [0.2, 0.25) is 0 Å². The minimum atomic E-state index is 0.385. The highest BCUT2D eigenvalue weighted by Gasteiger charge is 2.18. The maximum Gasteiger partial charge on any atom is 0.0936 e. The zero-order valence-corrected chi connectivity index (χ0v) is 13.1. The zero-order chi connectivity index (χ0) is 14.3. The van der Waals surface area contributed by atoms with Gasteiger partial charge in [-0.1, -0.05) is 43.6 Å². The molecule has 19 heavy (non-hydrogen) atoms. The van der Waals surface area contributed by atoms with Crippen molar-refractivity contribution in [1.82, 2.24) is 5.32 Å². The van der Waals surface area contributed by atoms with Crippen LogP contribution in [0, 0.1) is 11.3 Å². The van der Waals surface area contributed by atoms with Gasteiger partial charge in [0.1, 0.15) is 0 Å². The molecule has 2 unspecified atom stereocenters. The summed E-state index contributed by atoms with van der Waals surface area (Å²) in [6.45, 7) is 8.84. The first-order chi connectivity index (χ1) is 9.10. The van der Waals surface area contributed by atoms with E-state index in [4.69, 9.17) is 5.41 Å². The van der Waals surface area contributed by atoms with Crippen LogP contribution in [-0.4, -0.2) is 11.9 Å². The molecule has 0 aromatic heterocycles. The van der Waals surface area contributed by atoms with Gasteiger partial charge in [0.2, 0.25) is 0 Å². The minimum absolute atomic E-state index is 0.385. The smallest absolute Gasteiger partial charge is 0.0936 e. The van der Waals surface area contributed by atoms with E-state index in [0.717, 1.165) is 25.7 Å². The molecule has 0 radical (unpaired) electrons. The van der Waals surface area contributed by atoms with Gasteiger partial charge in [-0.3, -0.25) is 5.41 Å². The van der Waals surface area contributed by atoms with Crippen molar-refractivity contribution in [3.8, 4) is 0 Å². The third-order valence-electron chi connectivity index (χ3n) is 3.99. The first kappa shape index (κ1) is 16.0. The van der Waals surface area contributed by atoms with Crippen molar-refractivity contribution < 1.29 is 0 Å². The molecule has 0 amide bonds. The first-order valence-corrected chi connectivity index (χ1v) is 7.79. The molecular weight excluding hydrogens is 232 g/mol. The molecule has 0 fully saturated rings. The maximum absolute atomic E-state index is 7.99. The molecule has 1 rings (SSSR count). The van der Waals surface area contributed by atoms with Crippen molar-refractivity contribution >= 4 is 5.84 Å². The summed E-state index contributed by atoms with van der Waals surface area (Å²) in [5, 5.41) is 11.3. The van der Waals surface area contributed by atoms with Gasteiger partial charge >= 0.3 is 0 Å². The molecule has 0 saturated carbocycles. The van der Waals surface area contributed by atoms with Gasteiger partial charge in [0, 0.05) is 12.5 Å². The predicted molar refractivity (Wildman–Crippen MR) is 84.7 cm³/mol. The van der Waals surface area contributed by atoms with E-state index in [1.54, 1.807) is 5.57 Å². The summed E-state index contributed by atoms with van der Waals surface area (Å²) in [7, 11) is 0. The van der Waals surface area contributed by atoms with Gasteiger partial charge < -0.3 is 5.32 Å². The van der Waals surface area contributed by atoms with Gasteiger partial charge in [-0.15, -0.1) is 0 Å². The van der Waals surface area contributed by atoms with Crippen molar-refractivity contribution in [1.29, 1.82) is 5.41 Å². The molecule has 0 aliphatic carbocycles. The molecule has 1 aliphatic rings. The number of nitrogens with one attached hydrogen (secondary N) is 2. The zero-order valence-electron chi connectivity index (χ0n) is 13.1. The quantitative estimate of drug-likeness (QED) is 0.700. The fraction of sp³-hybridized carbons (Fsp3) is 0.706. The second-order valence-corrected chi connectivity index (χ2v) is 5.66. The summed E-state index contributed by atoms with van der Waals surface area (Å²) in [4.78, 5) is 0. The Morgan fingerprint density at radius 2 is 2.16 bits per heavy atom. The Bertz CT molecular complexity index is 352. The van der Waals surface area contributed by atoms with E-state index in [0.29, 0.717) is 17.8 Å². The maximum atomic E-state index is 7.99. The van der Waals surface area contributed by atoms with Gasteiger partial charge in [0.25, 0.3) is 0 Å². The van der Waals surface area contributed by atoms with Crippen molar-refractivity contribution in [2.75, 3.05) is 0 Å². The first-order valence-electron chi connectivity index (χ1n) is 7.79. The molecule has 0 aromatic rings. The Balaban J connectivity index is 2.97. The van der Waals surface area contributed by atoms with Crippen LogP contribution in [0.4, 0.5) is 0 Å². The lowest BCUT2D eigenvalue weighted by Crippen LogP contribution is -2.33. The van der Waals surface area contributed by atoms with Crippen molar-refractivity contribution in [2.45, 2.75) is 72.3 Å². The lowest BCUT2D eigenvalue weighted by molar-refractivity contribution is 0.529. The lowest BCUT2D eigenvalue weighted by Gasteiger charge is -2.21. The monoisotopic (exact) mass is 262 g/mol. The normalized spacial score (nSPS) is 28.7. The minimum Gasteiger partial charge on any atom is -0.372 e. The Labute approximate surface area is 118 Å². The molecule has 2 atom stereocenters. The van der Waals surface area contributed by atoms with Gasteiger partial charge in [-0.25, -0.2) is 0 Å². The summed E-state index contributed by atoms with van der Waals surface area (Å²) in [5.74, 6) is 1.25. The second kappa shape index (κ2) is 8.19. The van der Waals surface area contributed by atoms with Gasteiger partial charge in [-0.2, -0.15) is 0 Å². The molecule has 108 valence electrons. The summed E-state index contributed by atoms with van der Waals surface area (Å²) in [6.07, 6.45) is 11.3. The number of allylic oxidation sites excluding steroid dienone is 4. The van der Waals surface area contributed by atoms with Crippen LogP contribution in [0.25, 0.3) is 0 Å². The van der Waals surface area contributed by atoms with E-state index >= 15 is 0 Å². The molecule has 1 aliphatic heterocycles. The predicted octanol–water partition coefficient (Wildman–Crippen LogP) is 4.82. The third-order valence-corrected chi connectivity index (χ3v) is 3.99. The molecule has 1 heterocycles. The molecule has 0 bridgehead atoms. The van der Waals surface area contributed by atoms with Crippen LogP contribution in [0.5, 0.6) is 0 Å². The van der Waals surface area contributed by atoms with E-state index in [9.17, 15) is 0 Å². The van der Waals surface area contributed by atoms with Crippen LogP contribution in [0.1, 0.15) is 66.2 Å². The topological polar surface area (TPSA) is 35.9 Å². The standard InChI is InChI=1S/C17H30N2/c1-5-8-14-9-10-17(18)19-13(4)11-16(12-14)15(6-2)7-3/h6,12-13,16H,5,7-11H2,1-4H3,(H2,18,19)/b14-12+,15-6?. The SMILES string of the molecule is CC=C(CC)C1/C=C(\CCC)CCC(=N)NC(C)C1. The Hall–Kier alpha value is -1.05. The largest absolute Gasteiger partial charge is 0.372 e. The molecular formula is C17H30N2. The van der Waals surface area contributed by atoms with E-state index < -0.39 is 0 Å². The van der Waals surface area contributed by atoms with Gasteiger partial charge in [0.15, 0.2) is 0 Å². The molecule has 2 nitrogen and oxygen atoms in total. The highest BCUT2D eigenvalue weighted by molar-refractivity contribution is 5.79. The fourth-order valence-corrected chi connectivity index (χ4v) is 3.00. The van der Waals surface area contributed by atoms with Crippen LogP contribution >= 0.6 is 0 Å². The number of hydrogen-bond acceptors (Lipinski definition) is 1. The van der Waals surface area contributed by atoms with Crippen LogP contribution < -0.4 is 5.32 Å². The lowest BCUT2D eigenvalue weighted by atomic mass is 9.87. The van der Waals surface area contributed by atoms with Crippen molar-refractivity contribution in [2.24, 2.45) is 5.92 Å². The average molecular weight is 262 g/mol. The Morgan fingerprint density at radius 1 is 1.42 bits per heavy atom. The Morgan fingerprint density at radius 3 is 2.74 bits per heavy atom. The number of amidine groups is 1. The molecule has 2 N–H and O–H groups in total. The Kier molecular flexibility index (Phi) is 6.90. The highest BCUT2D eigenvalue weighted by atomic mass is 15.0. The van der Waals surface area contributed by atoms with E-state index in [-0.39, 0.29) is 0 Å². The van der Waals surface area contributed by atoms with Crippen LogP contribution in [-0.2, 0) is 0 Å². The van der Waals surface area contributed by atoms with E-state index in [2.05, 4.69) is 45.2 Å². The van der Waals surface area contributed by atoms with Gasteiger partial charge in [-0.05, 0) is 45.4 Å². The molecule has 0 spiro atoms. The fourth-order valence-electron chi connectivity index (χ4n) is 3.00. The molecule has 0 aromatic carbocycles. The summed E-state index contributed by atoms with van der Waals surface area (Å²) in [5.41, 5.74) is 3.08. The molecule has 2 heteroatoms. The highest BCUT2D eigenvalue weighted by Crippen LogP contribution is 2.27. The number of hydrogen-bond donors (Lipinski definition) is 2. The van der Waals surface area contributed by atoms with Crippen molar-refractivity contribution in [3.05, 3.63) is 23.3 Å². The van der Waals surface area contributed by atoms with E-state index in [1.807, 2.05) is 0 Å². The summed E-state index contributed by atoms with van der Waals surface area (Å²) in [6, 6.07) is 0.385.